The third kappa shape index (κ3) is 3.58. The van der Waals surface area contributed by atoms with Gasteiger partial charge in [0.25, 0.3) is 5.91 Å². The molecule has 0 aliphatic heterocycles. The van der Waals surface area contributed by atoms with E-state index in [2.05, 4.69) is 26.2 Å². The highest BCUT2D eigenvalue weighted by Gasteiger charge is 2.18. The standard InChI is InChI=1S/C14H15BrN2O2S/c1-8-6-11(15)7-9(2)12(8)19-10(3)13(18)17-14-16-4-5-20-14/h4-7,10H,1-3H3,(H,16,17,18)/t10-/m1/s1. The van der Waals surface area contributed by atoms with Crippen LogP contribution in [0, 0.1) is 13.8 Å². The van der Waals surface area contributed by atoms with Crippen molar-refractivity contribution >= 4 is 38.3 Å². The fraction of sp³-hybridized carbons (Fsp3) is 0.286. The first kappa shape index (κ1) is 15.0. The van der Waals surface area contributed by atoms with Crippen molar-refractivity contribution in [2.24, 2.45) is 0 Å². The second kappa shape index (κ2) is 6.37. The van der Waals surface area contributed by atoms with Gasteiger partial charge in [0.15, 0.2) is 11.2 Å². The number of nitrogens with one attached hydrogen (secondary N) is 1. The minimum Gasteiger partial charge on any atom is -0.480 e. The van der Waals surface area contributed by atoms with Gasteiger partial charge in [0, 0.05) is 16.0 Å². The summed E-state index contributed by atoms with van der Waals surface area (Å²) in [6, 6.07) is 3.93. The molecular weight excluding hydrogens is 340 g/mol. The van der Waals surface area contributed by atoms with Crippen LogP contribution in [0.2, 0.25) is 0 Å². The van der Waals surface area contributed by atoms with E-state index >= 15 is 0 Å². The van der Waals surface area contributed by atoms with Gasteiger partial charge in [-0.1, -0.05) is 15.9 Å². The SMILES string of the molecule is Cc1cc(Br)cc(C)c1O[C@H](C)C(=O)Nc1nccs1. The van der Waals surface area contributed by atoms with E-state index < -0.39 is 6.10 Å². The molecule has 0 unspecified atom stereocenters. The van der Waals surface area contributed by atoms with Gasteiger partial charge in [-0.15, -0.1) is 11.3 Å². The first-order chi connectivity index (χ1) is 9.47. The summed E-state index contributed by atoms with van der Waals surface area (Å²) >= 11 is 4.82. The van der Waals surface area contributed by atoms with Crippen LogP contribution in [0.5, 0.6) is 5.75 Å². The van der Waals surface area contributed by atoms with Crippen LogP contribution in [-0.2, 0) is 4.79 Å². The molecule has 1 atom stereocenters. The maximum atomic E-state index is 12.0. The van der Waals surface area contributed by atoms with Crippen molar-refractivity contribution in [1.29, 1.82) is 0 Å². The Balaban J connectivity index is 2.08. The van der Waals surface area contributed by atoms with Crippen molar-refractivity contribution in [3.63, 3.8) is 0 Å². The predicted octanol–water partition coefficient (Wildman–Crippen LogP) is 3.93. The van der Waals surface area contributed by atoms with E-state index in [-0.39, 0.29) is 5.91 Å². The molecule has 0 bridgehead atoms. The predicted molar refractivity (Wildman–Crippen MR) is 84.4 cm³/mol. The molecule has 0 saturated carbocycles. The Labute approximate surface area is 130 Å². The topological polar surface area (TPSA) is 51.2 Å². The summed E-state index contributed by atoms with van der Waals surface area (Å²) in [4.78, 5) is 16.0. The number of hydrogen-bond acceptors (Lipinski definition) is 4. The second-order valence-electron chi connectivity index (χ2n) is 4.46. The summed E-state index contributed by atoms with van der Waals surface area (Å²) in [6.45, 7) is 5.64. The zero-order valence-corrected chi connectivity index (χ0v) is 13.8. The van der Waals surface area contributed by atoms with E-state index in [1.54, 1.807) is 13.1 Å². The van der Waals surface area contributed by atoms with Gasteiger partial charge in [-0.05, 0) is 44.0 Å². The fourth-order valence-corrected chi connectivity index (χ4v) is 3.02. The number of nitrogens with zero attached hydrogens (tertiary/aromatic N) is 1. The van der Waals surface area contributed by atoms with Crippen LogP contribution in [0.25, 0.3) is 0 Å². The summed E-state index contributed by atoms with van der Waals surface area (Å²) in [7, 11) is 0. The number of halogens is 1. The van der Waals surface area contributed by atoms with Crippen LogP contribution in [-0.4, -0.2) is 17.0 Å². The summed E-state index contributed by atoms with van der Waals surface area (Å²) in [5.74, 6) is 0.539. The van der Waals surface area contributed by atoms with Crippen LogP contribution in [0.3, 0.4) is 0 Å². The molecule has 1 aromatic carbocycles. The van der Waals surface area contributed by atoms with Crippen molar-refractivity contribution in [2.75, 3.05) is 5.32 Å². The minimum absolute atomic E-state index is 0.207. The molecule has 20 heavy (non-hydrogen) atoms. The number of carbonyl (C=O) groups is 1. The Morgan fingerprint density at radius 1 is 1.40 bits per heavy atom. The molecule has 0 aliphatic rings. The number of thiazole rings is 1. The van der Waals surface area contributed by atoms with Crippen LogP contribution in [0.4, 0.5) is 5.13 Å². The average molecular weight is 355 g/mol. The first-order valence-electron chi connectivity index (χ1n) is 6.11. The van der Waals surface area contributed by atoms with E-state index in [0.29, 0.717) is 5.13 Å². The molecular formula is C14H15BrN2O2S. The highest BCUT2D eigenvalue weighted by molar-refractivity contribution is 9.10. The monoisotopic (exact) mass is 354 g/mol. The lowest BCUT2D eigenvalue weighted by atomic mass is 10.1. The summed E-state index contributed by atoms with van der Waals surface area (Å²) in [5.41, 5.74) is 1.98. The maximum absolute atomic E-state index is 12.0. The Morgan fingerprint density at radius 2 is 2.05 bits per heavy atom. The van der Waals surface area contributed by atoms with E-state index in [0.717, 1.165) is 21.3 Å². The number of rotatable bonds is 4. The number of carbonyl (C=O) groups excluding carboxylic acids is 1. The van der Waals surface area contributed by atoms with Gasteiger partial charge in [-0.25, -0.2) is 4.98 Å². The van der Waals surface area contributed by atoms with Gasteiger partial charge in [0.1, 0.15) is 5.75 Å². The zero-order valence-electron chi connectivity index (χ0n) is 11.4. The highest BCUT2D eigenvalue weighted by atomic mass is 79.9. The van der Waals surface area contributed by atoms with Crippen molar-refractivity contribution in [1.82, 2.24) is 4.98 Å². The number of amides is 1. The molecule has 2 rings (SSSR count). The number of anilines is 1. The summed E-state index contributed by atoms with van der Waals surface area (Å²) < 4.78 is 6.79. The molecule has 0 radical (unpaired) electrons. The smallest absolute Gasteiger partial charge is 0.266 e. The van der Waals surface area contributed by atoms with Crippen LogP contribution in [0.15, 0.2) is 28.2 Å². The average Bonchev–Trinajstić information content (AvgIpc) is 2.86. The molecule has 1 amide bonds. The fourth-order valence-electron chi connectivity index (χ4n) is 1.81. The second-order valence-corrected chi connectivity index (χ2v) is 6.27. The van der Waals surface area contributed by atoms with Crippen LogP contribution >= 0.6 is 27.3 Å². The summed E-state index contributed by atoms with van der Waals surface area (Å²) in [6.07, 6.45) is 1.06. The third-order valence-corrected chi connectivity index (χ3v) is 3.90. The number of aromatic nitrogens is 1. The van der Waals surface area contributed by atoms with Gasteiger partial charge in [-0.2, -0.15) is 0 Å². The zero-order chi connectivity index (χ0) is 14.7. The molecule has 106 valence electrons. The molecule has 0 saturated heterocycles. The van der Waals surface area contributed by atoms with E-state index in [1.165, 1.54) is 11.3 Å². The number of benzene rings is 1. The van der Waals surface area contributed by atoms with E-state index in [9.17, 15) is 4.79 Å². The highest BCUT2D eigenvalue weighted by Crippen LogP contribution is 2.28. The van der Waals surface area contributed by atoms with Crippen molar-refractivity contribution in [3.05, 3.63) is 39.3 Å². The molecule has 1 heterocycles. The molecule has 0 spiro atoms. The Bertz CT molecular complexity index is 591. The summed E-state index contributed by atoms with van der Waals surface area (Å²) in [5, 5.41) is 5.11. The normalized spacial score (nSPS) is 12.0. The molecule has 0 aliphatic carbocycles. The van der Waals surface area contributed by atoms with Gasteiger partial charge < -0.3 is 4.74 Å². The Morgan fingerprint density at radius 3 is 2.60 bits per heavy atom. The van der Waals surface area contributed by atoms with Crippen molar-refractivity contribution in [2.45, 2.75) is 26.9 Å². The molecule has 4 nitrogen and oxygen atoms in total. The number of aryl methyl sites for hydroxylation is 2. The van der Waals surface area contributed by atoms with Crippen LogP contribution in [0.1, 0.15) is 18.1 Å². The lowest BCUT2D eigenvalue weighted by molar-refractivity contribution is -0.122. The van der Waals surface area contributed by atoms with Crippen molar-refractivity contribution < 1.29 is 9.53 Å². The lowest BCUT2D eigenvalue weighted by Crippen LogP contribution is -2.30. The minimum atomic E-state index is -0.586. The van der Waals surface area contributed by atoms with E-state index in [1.807, 2.05) is 31.4 Å². The Hall–Kier alpha value is -1.40. The van der Waals surface area contributed by atoms with Crippen molar-refractivity contribution in [3.8, 4) is 5.75 Å². The maximum Gasteiger partial charge on any atom is 0.266 e. The molecule has 1 N–H and O–H groups in total. The van der Waals surface area contributed by atoms with Crippen LogP contribution < -0.4 is 10.1 Å². The van der Waals surface area contributed by atoms with E-state index in [4.69, 9.17) is 4.74 Å². The molecule has 6 heteroatoms. The molecule has 2 aromatic rings. The van der Waals surface area contributed by atoms with Gasteiger partial charge in [-0.3, -0.25) is 10.1 Å². The molecule has 1 aromatic heterocycles. The quantitative estimate of drug-likeness (QED) is 0.904. The number of hydrogen-bond donors (Lipinski definition) is 1. The third-order valence-electron chi connectivity index (χ3n) is 2.75. The first-order valence-corrected chi connectivity index (χ1v) is 7.78. The lowest BCUT2D eigenvalue weighted by Gasteiger charge is -2.17. The van der Waals surface area contributed by atoms with Gasteiger partial charge >= 0.3 is 0 Å². The largest absolute Gasteiger partial charge is 0.480 e. The van der Waals surface area contributed by atoms with Gasteiger partial charge in [0.05, 0.1) is 0 Å². The number of ether oxygens (including phenoxy) is 1. The van der Waals surface area contributed by atoms with Gasteiger partial charge in [0.2, 0.25) is 0 Å². The Kier molecular flexibility index (Phi) is 4.77. The molecule has 0 fully saturated rings.